The number of nitrogens with zero attached hydrogens (tertiary/aromatic N) is 2. The summed E-state index contributed by atoms with van der Waals surface area (Å²) in [5, 5.41) is 6.70. The molecule has 0 saturated carbocycles. The van der Waals surface area contributed by atoms with E-state index in [0.29, 0.717) is 29.5 Å². The van der Waals surface area contributed by atoms with Gasteiger partial charge in [-0.15, -0.1) is 0 Å². The summed E-state index contributed by atoms with van der Waals surface area (Å²) in [5.41, 5.74) is 6.41. The number of nitrogens with one attached hydrogen (secondary N) is 1. The van der Waals surface area contributed by atoms with E-state index in [9.17, 15) is 13.2 Å². The Morgan fingerprint density at radius 1 is 1.14 bits per heavy atom. The third-order valence-corrected chi connectivity index (χ3v) is 4.09. The molecule has 0 aliphatic heterocycles. The zero-order valence-corrected chi connectivity index (χ0v) is 15.2. The summed E-state index contributed by atoms with van der Waals surface area (Å²) in [6.45, 7) is 2.35. The highest BCUT2D eigenvalue weighted by Gasteiger charge is 2.30. The van der Waals surface area contributed by atoms with Crippen molar-refractivity contribution in [1.82, 2.24) is 15.2 Å². The molecule has 0 amide bonds. The molecule has 28 heavy (non-hydrogen) atoms. The van der Waals surface area contributed by atoms with Crippen LogP contribution in [0.2, 0.25) is 0 Å². The number of nitrogens with two attached hydrogens (primary N) is 1. The number of methoxy groups -OCH3 is 1. The van der Waals surface area contributed by atoms with Gasteiger partial charge in [0.2, 0.25) is 0 Å². The number of H-pyrrole nitrogens is 1. The summed E-state index contributed by atoms with van der Waals surface area (Å²) in [6, 6.07) is 9.37. The average Bonchev–Trinajstić information content (AvgIpc) is 3.17. The fourth-order valence-corrected chi connectivity index (χ4v) is 2.69. The fraction of sp³-hybridized carbons (Fsp3) is 0.263. The first-order chi connectivity index (χ1) is 13.3. The van der Waals surface area contributed by atoms with Crippen molar-refractivity contribution in [2.45, 2.75) is 19.1 Å². The van der Waals surface area contributed by atoms with Crippen LogP contribution in [0.3, 0.4) is 0 Å². The summed E-state index contributed by atoms with van der Waals surface area (Å²) in [7, 11) is 1.52. The topological polar surface area (TPSA) is 86.0 Å². The molecule has 0 radical (unpaired) electrons. The predicted octanol–water partition coefficient (Wildman–Crippen LogP) is 3.95. The molecule has 6 nitrogen and oxygen atoms in total. The van der Waals surface area contributed by atoms with Crippen LogP contribution < -0.4 is 15.2 Å². The van der Waals surface area contributed by atoms with E-state index in [1.54, 1.807) is 18.2 Å². The molecule has 0 aliphatic rings. The summed E-state index contributed by atoms with van der Waals surface area (Å²) < 4.78 is 49.5. The predicted molar refractivity (Wildman–Crippen MR) is 97.0 cm³/mol. The number of aromatic amines is 1. The van der Waals surface area contributed by atoms with E-state index >= 15 is 0 Å². The molecule has 9 heteroatoms. The van der Waals surface area contributed by atoms with Gasteiger partial charge in [0.15, 0.2) is 17.3 Å². The van der Waals surface area contributed by atoms with Crippen LogP contribution in [0.5, 0.6) is 11.5 Å². The quantitative estimate of drug-likeness (QED) is 0.664. The number of hydrogen-bond acceptors (Lipinski definition) is 5. The van der Waals surface area contributed by atoms with Crippen LogP contribution in [0.25, 0.3) is 11.4 Å². The van der Waals surface area contributed by atoms with Crippen molar-refractivity contribution in [2.75, 3.05) is 13.7 Å². The lowest BCUT2D eigenvalue weighted by molar-refractivity contribution is -0.137. The van der Waals surface area contributed by atoms with Gasteiger partial charge >= 0.3 is 6.18 Å². The monoisotopic (exact) mass is 392 g/mol. The Morgan fingerprint density at radius 2 is 1.93 bits per heavy atom. The van der Waals surface area contributed by atoms with Crippen LogP contribution in [-0.2, 0) is 6.18 Å². The van der Waals surface area contributed by atoms with Crippen molar-refractivity contribution in [3.05, 3.63) is 59.4 Å². The second-order valence-corrected chi connectivity index (χ2v) is 5.94. The second-order valence-electron chi connectivity index (χ2n) is 5.94. The van der Waals surface area contributed by atoms with Crippen molar-refractivity contribution in [3.8, 4) is 22.9 Å². The molecule has 0 fully saturated rings. The Labute approximate surface area is 159 Å². The van der Waals surface area contributed by atoms with E-state index in [0.717, 1.165) is 12.1 Å². The van der Waals surface area contributed by atoms with E-state index in [4.69, 9.17) is 15.2 Å². The van der Waals surface area contributed by atoms with E-state index in [2.05, 4.69) is 15.2 Å². The Kier molecular flexibility index (Phi) is 5.55. The van der Waals surface area contributed by atoms with Crippen molar-refractivity contribution < 1.29 is 22.6 Å². The Morgan fingerprint density at radius 3 is 2.61 bits per heavy atom. The van der Waals surface area contributed by atoms with Gasteiger partial charge in [-0.3, -0.25) is 5.10 Å². The van der Waals surface area contributed by atoms with E-state index in [1.165, 1.54) is 19.2 Å². The maximum Gasteiger partial charge on any atom is 0.416 e. The maximum atomic E-state index is 12.9. The molecule has 0 spiro atoms. The van der Waals surface area contributed by atoms with Gasteiger partial charge in [0.05, 0.1) is 25.3 Å². The van der Waals surface area contributed by atoms with Gasteiger partial charge in [-0.25, -0.2) is 4.98 Å². The van der Waals surface area contributed by atoms with Crippen LogP contribution in [0.4, 0.5) is 13.2 Å². The molecule has 0 aliphatic carbocycles. The molecule has 1 atom stereocenters. The molecule has 0 saturated heterocycles. The minimum absolute atomic E-state index is 0.134. The fourth-order valence-electron chi connectivity index (χ4n) is 2.69. The van der Waals surface area contributed by atoms with Crippen LogP contribution in [0.15, 0.2) is 42.5 Å². The zero-order chi connectivity index (χ0) is 20.3. The highest BCUT2D eigenvalue weighted by molar-refractivity contribution is 5.56. The molecule has 3 rings (SSSR count). The van der Waals surface area contributed by atoms with Crippen molar-refractivity contribution in [2.24, 2.45) is 5.73 Å². The molecule has 0 unspecified atom stereocenters. The van der Waals surface area contributed by atoms with Gasteiger partial charge in [0.1, 0.15) is 5.82 Å². The highest BCUT2D eigenvalue weighted by Crippen LogP contribution is 2.33. The number of hydrogen-bond donors (Lipinski definition) is 2. The first-order valence-corrected chi connectivity index (χ1v) is 8.49. The third kappa shape index (κ3) is 4.09. The van der Waals surface area contributed by atoms with Crippen molar-refractivity contribution in [3.63, 3.8) is 0 Å². The molecule has 0 bridgehead atoms. The Balaban J connectivity index is 1.88. The number of halogens is 3. The van der Waals surface area contributed by atoms with Crippen LogP contribution in [-0.4, -0.2) is 28.9 Å². The lowest BCUT2D eigenvalue weighted by Crippen LogP contribution is -2.14. The number of alkyl halides is 3. The molecule has 1 aromatic heterocycles. The molecular formula is C19H19F3N4O2. The number of aromatic nitrogens is 3. The summed E-state index contributed by atoms with van der Waals surface area (Å²) in [5.74, 6) is 1.56. The first-order valence-electron chi connectivity index (χ1n) is 8.49. The number of rotatable bonds is 6. The normalized spacial score (nSPS) is 12.6. The number of ether oxygens (including phenoxy) is 2. The second kappa shape index (κ2) is 7.89. The van der Waals surface area contributed by atoms with Gasteiger partial charge < -0.3 is 15.2 Å². The largest absolute Gasteiger partial charge is 0.493 e. The maximum absolute atomic E-state index is 12.9. The number of benzene rings is 2. The van der Waals surface area contributed by atoms with Gasteiger partial charge in [0.25, 0.3) is 0 Å². The average molecular weight is 392 g/mol. The van der Waals surface area contributed by atoms with E-state index < -0.39 is 17.8 Å². The Hall–Kier alpha value is -3.07. The Bertz CT molecular complexity index is 956. The van der Waals surface area contributed by atoms with Crippen molar-refractivity contribution in [1.29, 1.82) is 0 Å². The standard InChI is InChI=1S/C19H19F3N4O2/c1-3-28-14-8-7-11(10-15(14)27-2)16(23)18-24-17(25-26-18)12-5-4-6-13(9-12)19(20,21)22/h4-10,16H,3,23H2,1-2H3,(H,24,25,26)/t16-/m0/s1. The van der Waals surface area contributed by atoms with Crippen LogP contribution in [0, 0.1) is 0 Å². The van der Waals surface area contributed by atoms with Gasteiger partial charge in [0, 0.05) is 5.56 Å². The molecular weight excluding hydrogens is 373 g/mol. The van der Waals surface area contributed by atoms with Gasteiger partial charge in [-0.05, 0) is 36.8 Å². The molecule has 3 N–H and O–H groups in total. The minimum Gasteiger partial charge on any atom is -0.493 e. The summed E-state index contributed by atoms with van der Waals surface area (Å²) in [6.07, 6.45) is -4.44. The van der Waals surface area contributed by atoms with Gasteiger partial charge in [-0.2, -0.15) is 18.3 Å². The summed E-state index contributed by atoms with van der Waals surface area (Å²) in [4.78, 5) is 4.26. The smallest absolute Gasteiger partial charge is 0.416 e. The molecule has 3 aromatic rings. The first kappa shape index (κ1) is 19.7. The summed E-state index contributed by atoms with van der Waals surface area (Å²) >= 11 is 0. The van der Waals surface area contributed by atoms with Crippen molar-refractivity contribution >= 4 is 0 Å². The molecule has 1 heterocycles. The SMILES string of the molecule is CCOc1ccc([C@H](N)c2nc(-c3cccc(C(F)(F)F)c3)n[nH]2)cc1OC. The molecule has 148 valence electrons. The zero-order valence-electron chi connectivity index (χ0n) is 15.2. The lowest BCUT2D eigenvalue weighted by Gasteiger charge is -2.13. The van der Waals surface area contributed by atoms with Crippen LogP contribution in [0.1, 0.15) is 29.9 Å². The highest BCUT2D eigenvalue weighted by atomic mass is 19.4. The lowest BCUT2D eigenvalue weighted by atomic mass is 10.1. The van der Waals surface area contributed by atoms with E-state index in [-0.39, 0.29) is 11.4 Å². The molecule has 2 aromatic carbocycles. The van der Waals surface area contributed by atoms with E-state index in [1.807, 2.05) is 6.92 Å². The minimum atomic E-state index is -4.44. The van der Waals surface area contributed by atoms with Crippen LogP contribution >= 0.6 is 0 Å². The van der Waals surface area contributed by atoms with Gasteiger partial charge in [-0.1, -0.05) is 18.2 Å². The third-order valence-electron chi connectivity index (χ3n) is 4.09.